The number of fused-ring (bicyclic) bond motifs is 1. The summed E-state index contributed by atoms with van der Waals surface area (Å²) in [7, 11) is 1.32. The van der Waals surface area contributed by atoms with Gasteiger partial charge >= 0.3 is 5.97 Å². The maximum Gasteiger partial charge on any atom is 0.340 e. The van der Waals surface area contributed by atoms with Crippen LogP contribution in [0.25, 0.3) is 10.9 Å². The normalized spacial score (nSPS) is 10.2. The van der Waals surface area contributed by atoms with Gasteiger partial charge in [0.1, 0.15) is 0 Å². The number of hydrogen-bond acceptors (Lipinski definition) is 4. The van der Waals surface area contributed by atoms with Gasteiger partial charge < -0.3 is 15.8 Å². The SMILES string of the molecule is COC(=O)c1cc(NC(N)=S)cc2cn[nH]c12. The molecule has 0 aliphatic rings. The van der Waals surface area contributed by atoms with E-state index in [0.29, 0.717) is 16.8 Å². The number of hydrogen-bond donors (Lipinski definition) is 3. The van der Waals surface area contributed by atoms with Crippen LogP contribution in [0.15, 0.2) is 18.3 Å². The molecule has 1 heterocycles. The van der Waals surface area contributed by atoms with Crippen molar-refractivity contribution in [1.82, 2.24) is 10.2 Å². The highest BCUT2D eigenvalue weighted by atomic mass is 32.1. The highest BCUT2D eigenvalue weighted by molar-refractivity contribution is 7.80. The minimum absolute atomic E-state index is 0.128. The summed E-state index contributed by atoms with van der Waals surface area (Å²) in [5, 5.41) is 10.3. The van der Waals surface area contributed by atoms with Crippen molar-refractivity contribution in [3.05, 3.63) is 23.9 Å². The fraction of sp³-hybridized carbons (Fsp3) is 0.100. The van der Waals surface area contributed by atoms with Crippen molar-refractivity contribution in [3.63, 3.8) is 0 Å². The zero-order valence-corrected chi connectivity index (χ0v) is 9.80. The Balaban J connectivity index is 2.58. The lowest BCUT2D eigenvalue weighted by atomic mass is 10.1. The third-order valence-electron chi connectivity index (χ3n) is 2.22. The number of H-pyrrole nitrogens is 1. The van der Waals surface area contributed by atoms with Crippen LogP contribution in [0.3, 0.4) is 0 Å². The molecule has 0 radical (unpaired) electrons. The van der Waals surface area contributed by atoms with Crippen LogP contribution >= 0.6 is 12.2 Å². The fourth-order valence-corrected chi connectivity index (χ4v) is 1.66. The third kappa shape index (κ3) is 2.18. The van der Waals surface area contributed by atoms with Crippen molar-refractivity contribution < 1.29 is 9.53 Å². The molecule has 0 bridgehead atoms. The largest absolute Gasteiger partial charge is 0.465 e. The van der Waals surface area contributed by atoms with Gasteiger partial charge in [-0.25, -0.2) is 4.79 Å². The molecule has 2 aromatic rings. The Labute approximate surface area is 102 Å². The first-order valence-corrected chi connectivity index (χ1v) is 5.14. The van der Waals surface area contributed by atoms with E-state index in [2.05, 4.69) is 15.5 Å². The number of nitrogens with two attached hydrogens (primary N) is 1. The summed E-state index contributed by atoms with van der Waals surface area (Å²) in [6, 6.07) is 3.38. The maximum atomic E-state index is 11.6. The predicted molar refractivity (Wildman–Crippen MR) is 67.8 cm³/mol. The van der Waals surface area contributed by atoms with Gasteiger partial charge in [0.05, 0.1) is 24.4 Å². The van der Waals surface area contributed by atoms with Crippen molar-refractivity contribution in [3.8, 4) is 0 Å². The molecular weight excluding hydrogens is 240 g/mol. The monoisotopic (exact) mass is 250 g/mol. The molecule has 4 N–H and O–H groups in total. The summed E-state index contributed by atoms with van der Waals surface area (Å²) < 4.78 is 4.70. The van der Waals surface area contributed by atoms with Crippen LogP contribution in [-0.4, -0.2) is 28.4 Å². The summed E-state index contributed by atoms with van der Waals surface area (Å²) in [4.78, 5) is 11.6. The summed E-state index contributed by atoms with van der Waals surface area (Å²) in [6.07, 6.45) is 1.60. The summed E-state index contributed by atoms with van der Waals surface area (Å²) in [5.74, 6) is -0.453. The Hall–Kier alpha value is -2.15. The molecule has 0 fully saturated rings. The average molecular weight is 250 g/mol. The van der Waals surface area contributed by atoms with E-state index in [0.717, 1.165) is 5.39 Å². The summed E-state index contributed by atoms with van der Waals surface area (Å²) in [5.41, 5.74) is 6.99. The molecule has 7 heteroatoms. The van der Waals surface area contributed by atoms with Gasteiger partial charge in [-0.2, -0.15) is 5.10 Å². The Kier molecular flexibility index (Phi) is 2.92. The van der Waals surface area contributed by atoms with Crippen molar-refractivity contribution in [2.75, 3.05) is 12.4 Å². The molecule has 1 aromatic carbocycles. The van der Waals surface area contributed by atoms with E-state index in [1.165, 1.54) is 7.11 Å². The molecule has 2 rings (SSSR count). The molecule has 88 valence electrons. The maximum absolute atomic E-state index is 11.6. The second-order valence-corrected chi connectivity index (χ2v) is 3.78. The average Bonchev–Trinajstić information content (AvgIpc) is 2.74. The van der Waals surface area contributed by atoms with Gasteiger partial charge in [-0.15, -0.1) is 0 Å². The second-order valence-electron chi connectivity index (χ2n) is 3.34. The number of aromatic amines is 1. The third-order valence-corrected chi connectivity index (χ3v) is 2.32. The topological polar surface area (TPSA) is 93.0 Å². The summed E-state index contributed by atoms with van der Waals surface area (Å²) in [6.45, 7) is 0. The summed E-state index contributed by atoms with van der Waals surface area (Å²) >= 11 is 4.74. The lowest BCUT2D eigenvalue weighted by Gasteiger charge is -2.07. The number of methoxy groups -OCH3 is 1. The zero-order chi connectivity index (χ0) is 12.4. The first kappa shape index (κ1) is 11.3. The highest BCUT2D eigenvalue weighted by Crippen LogP contribution is 2.22. The number of ether oxygens (including phenoxy) is 1. The van der Waals surface area contributed by atoms with Crippen molar-refractivity contribution in [1.29, 1.82) is 0 Å². The van der Waals surface area contributed by atoms with Crippen LogP contribution in [0, 0.1) is 0 Å². The number of rotatable bonds is 2. The van der Waals surface area contributed by atoms with Crippen molar-refractivity contribution in [2.45, 2.75) is 0 Å². The standard InChI is InChI=1S/C10H10N4O2S/c1-16-9(15)7-3-6(13-10(11)17)2-5-4-12-14-8(5)7/h2-4H,1H3,(H,12,14)(H3,11,13,17). The molecule has 0 spiro atoms. The van der Waals surface area contributed by atoms with E-state index >= 15 is 0 Å². The van der Waals surface area contributed by atoms with Gasteiger partial charge in [0, 0.05) is 11.1 Å². The van der Waals surface area contributed by atoms with Crippen LogP contribution < -0.4 is 11.1 Å². The van der Waals surface area contributed by atoms with Crippen molar-refractivity contribution >= 4 is 39.9 Å². The van der Waals surface area contributed by atoms with E-state index < -0.39 is 5.97 Å². The number of carbonyl (C=O) groups excluding carboxylic acids is 1. The molecule has 0 aliphatic heterocycles. The molecule has 1 aromatic heterocycles. The highest BCUT2D eigenvalue weighted by Gasteiger charge is 2.13. The number of nitrogens with one attached hydrogen (secondary N) is 2. The Morgan fingerprint density at radius 3 is 3.00 bits per heavy atom. The van der Waals surface area contributed by atoms with E-state index in [-0.39, 0.29) is 5.11 Å². The number of carbonyl (C=O) groups is 1. The molecular formula is C10H10N4O2S. The van der Waals surface area contributed by atoms with E-state index in [4.69, 9.17) is 22.7 Å². The fourth-order valence-electron chi connectivity index (χ4n) is 1.54. The van der Waals surface area contributed by atoms with Gasteiger partial charge in [-0.3, -0.25) is 5.10 Å². The smallest absolute Gasteiger partial charge is 0.340 e. The van der Waals surface area contributed by atoms with Gasteiger partial charge in [-0.1, -0.05) is 0 Å². The minimum Gasteiger partial charge on any atom is -0.465 e. The second kappa shape index (κ2) is 4.38. The first-order valence-electron chi connectivity index (χ1n) is 4.73. The molecule has 0 aliphatic carbocycles. The minimum atomic E-state index is -0.453. The molecule has 0 saturated carbocycles. The van der Waals surface area contributed by atoms with Crippen LogP contribution in [-0.2, 0) is 4.74 Å². The van der Waals surface area contributed by atoms with Crippen LogP contribution in [0.2, 0.25) is 0 Å². The number of aromatic nitrogens is 2. The molecule has 0 atom stereocenters. The van der Waals surface area contributed by atoms with Gasteiger partial charge in [0.15, 0.2) is 5.11 Å². The lowest BCUT2D eigenvalue weighted by Crippen LogP contribution is -2.19. The first-order chi connectivity index (χ1) is 8.11. The lowest BCUT2D eigenvalue weighted by molar-refractivity contribution is 0.0603. The Bertz CT molecular complexity index is 593. The van der Waals surface area contributed by atoms with Crippen LogP contribution in [0.1, 0.15) is 10.4 Å². The molecule has 0 amide bonds. The number of esters is 1. The molecule has 6 nitrogen and oxygen atoms in total. The number of nitrogens with zero attached hydrogens (tertiary/aromatic N) is 1. The van der Waals surface area contributed by atoms with Crippen LogP contribution in [0.4, 0.5) is 5.69 Å². The number of benzene rings is 1. The van der Waals surface area contributed by atoms with Crippen molar-refractivity contribution in [2.24, 2.45) is 5.73 Å². The quantitative estimate of drug-likeness (QED) is 0.544. The molecule has 17 heavy (non-hydrogen) atoms. The van der Waals surface area contributed by atoms with Gasteiger partial charge in [0.2, 0.25) is 0 Å². The number of anilines is 1. The molecule has 0 unspecified atom stereocenters. The molecule has 0 saturated heterocycles. The van der Waals surface area contributed by atoms with E-state index in [1.54, 1.807) is 18.3 Å². The number of thiocarbonyl (C=S) groups is 1. The van der Waals surface area contributed by atoms with Crippen LogP contribution in [0.5, 0.6) is 0 Å². The van der Waals surface area contributed by atoms with E-state index in [9.17, 15) is 4.79 Å². The predicted octanol–water partition coefficient (Wildman–Crippen LogP) is 1.00. The Morgan fingerprint density at radius 2 is 2.35 bits per heavy atom. The Morgan fingerprint density at radius 1 is 1.59 bits per heavy atom. The van der Waals surface area contributed by atoms with Gasteiger partial charge in [0.25, 0.3) is 0 Å². The van der Waals surface area contributed by atoms with Gasteiger partial charge in [-0.05, 0) is 24.4 Å². The van der Waals surface area contributed by atoms with E-state index in [1.807, 2.05) is 0 Å². The zero-order valence-electron chi connectivity index (χ0n) is 8.98.